The molecule has 0 bridgehead atoms. The number of carbonyl (C=O) groups is 1. The Bertz CT molecular complexity index is 618. The topological polar surface area (TPSA) is 78.9 Å². The maximum atomic E-state index is 12.4. The number of nitrogens with two attached hydrogens (primary N) is 1. The second-order valence-corrected chi connectivity index (χ2v) is 5.84. The van der Waals surface area contributed by atoms with Gasteiger partial charge in [0, 0.05) is 24.2 Å². The first kappa shape index (κ1) is 14.3. The van der Waals surface area contributed by atoms with Crippen LogP contribution in [0.1, 0.15) is 16.6 Å². The van der Waals surface area contributed by atoms with Gasteiger partial charge in [-0.2, -0.15) is 0 Å². The number of hydrogen-bond acceptors (Lipinski definition) is 4. The average molecular weight is 291 g/mol. The lowest BCUT2D eigenvalue weighted by atomic mass is 10.1. The zero-order valence-corrected chi connectivity index (χ0v) is 12.2. The molecule has 6 heteroatoms. The highest BCUT2D eigenvalue weighted by atomic mass is 32.1. The second-order valence-electron chi connectivity index (χ2n) is 4.76. The maximum absolute atomic E-state index is 12.4. The van der Waals surface area contributed by atoms with Crippen molar-refractivity contribution in [3.8, 4) is 0 Å². The highest BCUT2D eigenvalue weighted by Gasteiger charge is 2.18. The highest BCUT2D eigenvalue weighted by molar-refractivity contribution is 7.20. The van der Waals surface area contributed by atoms with E-state index in [-0.39, 0.29) is 17.7 Å². The molecule has 1 heterocycles. The average Bonchev–Trinajstić information content (AvgIpc) is 2.89. The standard InChI is InChI=1S/C14H17N3O2S/c1-9(13(15)16-19)8-17(2)14(18)12-7-10-5-3-4-6-11(10)20-12/h3-7,9,19H,8H2,1-2H3,(H2,15,16). The van der Waals surface area contributed by atoms with Gasteiger partial charge >= 0.3 is 0 Å². The number of fused-ring (bicyclic) bond motifs is 1. The third-order valence-electron chi connectivity index (χ3n) is 3.15. The molecule has 0 fully saturated rings. The molecule has 1 aromatic carbocycles. The number of carbonyl (C=O) groups excluding carboxylic acids is 1. The first-order chi connectivity index (χ1) is 9.52. The summed E-state index contributed by atoms with van der Waals surface area (Å²) in [6.45, 7) is 2.22. The summed E-state index contributed by atoms with van der Waals surface area (Å²) in [5.74, 6) is -0.117. The number of benzene rings is 1. The molecule has 1 aromatic heterocycles. The predicted octanol–water partition coefficient (Wildman–Crippen LogP) is 2.36. The highest BCUT2D eigenvalue weighted by Crippen LogP contribution is 2.26. The zero-order valence-electron chi connectivity index (χ0n) is 11.4. The van der Waals surface area contributed by atoms with Crippen LogP contribution in [-0.4, -0.2) is 35.4 Å². The van der Waals surface area contributed by atoms with Crippen LogP contribution in [0.2, 0.25) is 0 Å². The smallest absolute Gasteiger partial charge is 0.263 e. The molecule has 106 valence electrons. The number of nitrogens with zero attached hydrogens (tertiary/aromatic N) is 2. The van der Waals surface area contributed by atoms with Crippen molar-refractivity contribution in [2.45, 2.75) is 6.92 Å². The van der Waals surface area contributed by atoms with Gasteiger partial charge < -0.3 is 15.8 Å². The van der Waals surface area contributed by atoms with Crippen LogP contribution in [0.4, 0.5) is 0 Å². The summed E-state index contributed by atoms with van der Waals surface area (Å²) < 4.78 is 1.09. The van der Waals surface area contributed by atoms with E-state index in [4.69, 9.17) is 10.9 Å². The van der Waals surface area contributed by atoms with Crippen LogP contribution in [0.25, 0.3) is 10.1 Å². The van der Waals surface area contributed by atoms with E-state index in [0.29, 0.717) is 11.4 Å². The van der Waals surface area contributed by atoms with Crippen LogP contribution < -0.4 is 5.73 Å². The van der Waals surface area contributed by atoms with E-state index >= 15 is 0 Å². The summed E-state index contributed by atoms with van der Waals surface area (Å²) in [5.41, 5.74) is 5.53. The Morgan fingerprint density at radius 2 is 2.20 bits per heavy atom. The van der Waals surface area contributed by atoms with Crippen molar-refractivity contribution in [1.29, 1.82) is 0 Å². The van der Waals surface area contributed by atoms with Gasteiger partial charge in [0.05, 0.1) is 4.88 Å². The molecular weight excluding hydrogens is 274 g/mol. The van der Waals surface area contributed by atoms with Crippen LogP contribution in [0.5, 0.6) is 0 Å². The molecule has 2 aromatic rings. The summed E-state index contributed by atoms with van der Waals surface area (Å²) in [4.78, 5) is 14.6. The van der Waals surface area contributed by atoms with Gasteiger partial charge in [-0.25, -0.2) is 0 Å². The van der Waals surface area contributed by atoms with Crippen LogP contribution >= 0.6 is 11.3 Å². The van der Waals surface area contributed by atoms with Crippen molar-refractivity contribution in [2.75, 3.05) is 13.6 Å². The van der Waals surface area contributed by atoms with Gasteiger partial charge in [0.1, 0.15) is 5.84 Å². The number of amidine groups is 1. The van der Waals surface area contributed by atoms with Crippen LogP contribution in [-0.2, 0) is 0 Å². The molecule has 2 rings (SSSR count). The van der Waals surface area contributed by atoms with E-state index in [1.165, 1.54) is 11.3 Å². The number of amides is 1. The van der Waals surface area contributed by atoms with Crippen molar-refractivity contribution in [3.05, 3.63) is 35.2 Å². The number of rotatable bonds is 4. The number of thiophene rings is 1. The molecular formula is C14H17N3O2S. The Hall–Kier alpha value is -2.08. The summed E-state index contributed by atoms with van der Waals surface area (Å²) in [7, 11) is 1.72. The van der Waals surface area contributed by atoms with E-state index < -0.39 is 0 Å². The fraction of sp³-hybridized carbons (Fsp3) is 0.286. The third-order valence-corrected chi connectivity index (χ3v) is 4.26. The molecule has 1 atom stereocenters. The monoisotopic (exact) mass is 291 g/mol. The molecule has 1 amide bonds. The van der Waals surface area contributed by atoms with E-state index in [0.717, 1.165) is 10.1 Å². The lowest BCUT2D eigenvalue weighted by Gasteiger charge is -2.20. The molecule has 0 aliphatic rings. The Labute approximate surface area is 121 Å². The minimum Gasteiger partial charge on any atom is -0.409 e. The molecule has 1 unspecified atom stereocenters. The molecule has 0 spiro atoms. The number of oxime groups is 1. The quantitative estimate of drug-likeness (QED) is 0.393. The Morgan fingerprint density at radius 1 is 1.50 bits per heavy atom. The molecule has 0 saturated heterocycles. The lowest BCUT2D eigenvalue weighted by molar-refractivity contribution is 0.0791. The lowest BCUT2D eigenvalue weighted by Crippen LogP contribution is -2.36. The Kier molecular flexibility index (Phi) is 4.24. The predicted molar refractivity (Wildman–Crippen MR) is 81.4 cm³/mol. The zero-order chi connectivity index (χ0) is 14.7. The van der Waals surface area contributed by atoms with Gasteiger partial charge in [0.25, 0.3) is 5.91 Å². The number of hydrogen-bond donors (Lipinski definition) is 2. The summed E-state index contributed by atoms with van der Waals surface area (Å²) in [6.07, 6.45) is 0. The van der Waals surface area contributed by atoms with Crippen molar-refractivity contribution in [2.24, 2.45) is 16.8 Å². The van der Waals surface area contributed by atoms with Crippen molar-refractivity contribution in [1.82, 2.24) is 4.90 Å². The van der Waals surface area contributed by atoms with Gasteiger partial charge in [-0.1, -0.05) is 30.3 Å². The Morgan fingerprint density at radius 3 is 2.85 bits per heavy atom. The van der Waals surface area contributed by atoms with Crippen LogP contribution in [0.3, 0.4) is 0 Å². The van der Waals surface area contributed by atoms with E-state index in [1.807, 2.05) is 37.3 Å². The summed E-state index contributed by atoms with van der Waals surface area (Å²) in [5, 5.41) is 12.7. The van der Waals surface area contributed by atoms with Gasteiger partial charge in [-0.3, -0.25) is 4.79 Å². The van der Waals surface area contributed by atoms with Crippen LogP contribution in [0.15, 0.2) is 35.5 Å². The Balaban J connectivity index is 2.14. The van der Waals surface area contributed by atoms with E-state index in [2.05, 4.69) is 5.16 Å². The summed E-state index contributed by atoms with van der Waals surface area (Å²) in [6, 6.07) is 9.79. The fourth-order valence-corrected chi connectivity index (χ4v) is 3.02. The maximum Gasteiger partial charge on any atom is 0.263 e. The second kappa shape index (κ2) is 5.92. The van der Waals surface area contributed by atoms with Gasteiger partial charge in [-0.05, 0) is 17.5 Å². The first-order valence-corrected chi connectivity index (χ1v) is 7.06. The SMILES string of the molecule is CC(CN(C)C(=O)c1cc2ccccc2s1)C(N)=NO. The van der Waals surface area contributed by atoms with Crippen molar-refractivity contribution in [3.63, 3.8) is 0 Å². The van der Waals surface area contributed by atoms with Gasteiger partial charge in [-0.15, -0.1) is 11.3 Å². The summed E-state index contributed by atoms with van der Waals surface area (Å²) >= 11 is 1.47. The van der Waals surface area contributed by atoms with Gasteiger partial charge in [0.15, 0.2) is 0 Å². The third kappa shape index (κ3) is 2.91. The van der Waals surface area contributed by atoms with E-state index in [1.54, 1.807) is 11.9 Å². The molecule has 0 aliphatic carbocycles. The molecule has 20 heavy (non-hydrogen) atoms. The van der Waals surface area contributed by atoms with Gasteiger partial charge in [0.2, 0.25) is 0 Å². The first-order valence-electron chi connectivity index (χ1n) is 6.24. The molecule has 0 saturated carbocycles. The molecule has 0 aliphatic heterocycles. The molecule has 5 nitrogen and oxygen atoms in total. The molecule has 3 N–H and O–H groups in total. The minimum atomic E-state index is -0.191. The molecule has 0 radical (unpaired) electrons. The minimum absolute atomic E-state index is 0.0520. The van der Waals surface area contributed by atoms with Crippen molar-refractivity contribution < 1.29 is 10.0 Å². The van der Waals surface area contributed by atoms with Crippen LogP contribution in [0, 0.1) is 5.92 Å². The van der Waals surface area contributed by atoms with E-state index in [9.17, 15) is 4.79 Å². The largest absolute Gasteiger partial charge is 0.409 e. The van der Waals surface area contributed by atoms with Crippen molar-refractivity contribution >= 4 is 33.2 Å². The normalized spacial score (nSPS) is 13.4. The fourth-order valence-electron chi connectivity index (χ4n) is 1.96.